The minimum absolute atomic E-state index is 0.118. The van der Waals surface area contributed by atoms with E-state index in [0.29, 0.717) is 6.54 Å². The van der Waals surface area contributed by atoms with Crippen molar-refractivity contribution in [3.63, 3.8) is 0 Å². The molecule has 6 nitrogen and oxygen atoms in total. The summed E-state index contributed by atoms with van der Waals surface area (Å²) >= 11 is 0. The van der Waals surface area contributed by atoms with Gasteiger partial charge in [-0.2, -0.15) is 0 Å². The highest BCUT2D eigenvalue weighted by atomic mass is 16.3. The summed E-state index contributed by atoms with van der Waals surface area (Å²) in [4.78, 5) is 19.8. The lowest BCUT2D eigenvalue weighted by atomic mass is 10.0. The van der Waals surface area contributed by atoms with E-state index < -0.39 is 5.91 Å². The highest BCUT2D eigenvalue weighted by Crippen LogP contribution is 2.27. The summed E-state index contributed by atoms with van der Waals surface area (Å²) in [6, 6.07) is 13.9. The summed E-state index contributed by atoms with van der Waals surface area (Å²) in [5.74, 6) is -0.528. The van der Waals surface area contributed by atoms with E-state index in [1.807, 2.05) is 31.3 Å². The van der Waals surface area contributed by atoms with Crippen LogP contribution in [0.4, 0.5) is 5.69 Å². The first-order valence-corrected chi connectivity index (χ1v) is 8.48. The number of benzene rings is 1. The zero-order chi connectivity index (χ0) is 17.8. The topological polar surface area (TPSA) is 82.7 Å². The number of carbonyl (C=O) groups excluding carboxylic acids is 1. The minimum Gasteiger partial charge on any atom is -0.392 e. The van der Waals surface area contributed by atoms with Crippen LogP contribution in [0.3, 0.4) is 0 Å². The number of rotatable bonds is 6. The SMILES string of the molecule is CN(c1ccc(C(N)=O)nc1)C(CN1CCC(O)C1)c1ccccc1. The number of aliphatic hydroxyl groups excluding tert-OH is 1. The summed E-state index contributed by atoms with van der Waals surface area (Å²) in [7, 11) is 2.02. The van der Waals surface area contributed by atoms with Gasteiger partial charge in [-0.1, -0.05) is 30.3 Å². The van der Waals surface area contributed by atoms with Crippen LogP contribution in [0.1, 0.15) is 28.5 Å². The number of primary amides is 1. The Bertz CT molecular complexity index is 705. The van der Waals surface area contributed by atoms with Gasteiger partial charge in [0.15, 0.2) is 0 Å². The minimum atomic E-state index is -0.528. The Labute approximate surface area is 147 Å². The number of aliphatic hydroxyl groups is 1. The predicted octanol–water partition coefficient (Wildman–Crippen LogP) is 1.42. The number of nitrogens with zero attached hydrogens (tertiary/aromatic N) is 3. The van der Waals surface area contributed by atoms with Crippen LogP contribution in [0.25, 0.3) is 0 Å². The highest BCUT2D eigenvalue weighted by Gasteiger charge is 2.26. The second-order valence-electron chi connectivity index (χ2n) is 6.51. The summed E-state index contributed by atoms with van der Waals surface area (Å²) in [5.41, 5.74) is 7.64. The number of carbonyl (C=O) groups is 1. The van der Waals surface area contributed by atoms with Crippen LogP contribution in [0.15, 0.2) is 48.7 Å². The molecule has 6 heteroatoms. The zero-order valence-corrected chi connectivity index (χ0v) is 14.4. The number of β-amino-alcohol motifs (C(OH)–C–C–N with tert-alkyl or cyclic N) is 1. The number of anilines is 1. The molecule has 2 unspecified atom stereocenters. The van der Waals surface area contributed by atoms with Crippen LogP contribution in [0, 0.1) is 0 Å². The molecule has 132 valence electrons. The van der Waals surface area contributed by atoms with Gasteiger partial charge in [0.25, 0.3) is 5.91 Å². The van der Waals surface area contributed by atoms with E-state index in [4.69, 9.17) is 5.73 Å². The Morgan fingerprint density at radius 2 is 2.12 bits per heavy atom. The lowest BCUT2D eigenvalue weighted by Crippen LogP contribution is -2.36. The molecular formula is C19H24N4O2. The normalized spacial score (nSPS) is 18.9. The van der Waals surface area contributed by atoms with Crippen LogP contribution in [-0.4, -0.2) is 53.7 Å². The third-order valence-corrected chi connectivity index (χ3v) is 4.74. The van der Waals surface area contributed by atoms with Crippen molar-refractivity contribution in [3.8, 4) is 0 Å². The molecule has 1 fully saturated rings. The van der Waals surface area contributed by atoms with Crippen molar-refractivity contribution in [1.82, 2.24) is 9.88 Å². The fourth-order valence-electron chi connectivity index (χ4n) is 3.27. The van der Waals surface area contributed by atoms with Crippen LogP contribution in [0.5, 0.6) is 0 Å². The molecular weight excluding hydrogens is 316 g/mol. The maximum Gasteiger partial charge on any atom is 0.267 e. The van der Waals surface area contributed by atoms with Crippen LogP contribution >= 0.6 is 0 Å². The molecule has 0 spiro atoms. The molecule has 3 rings (SSSR count). The Hall–Kier alpha value is -2.44. The third-order valence-electron chi connectivity index (χ3n) is 4.74. The van der Waals surface area contributed by atoms with Gasteiger partial charge in [0.05, 0.1) is 24.0 Å². The standard InChI is InChI=1S/C19H24N4O2/c1-22(15-7-8-17(19(20)25)21-11-15)18(14-5-3-2-4-6-14)13-23-10-9-16(24)12-23/h2-8,11,16,18,24H,9-10,12-13H2,1H3,(H2,20,25). The van der Waals surface area contributed by atoms with Gasteiger partial charge in [0, 0.05) is 26.7 Å². The van der Waals surface area contributed by atoms with Gasteiger partial charge in [-0.25, -0.2) is 4.98 Å². The number of aromatic nitrogens is 1. The van der Waals surface area contributed by atoms with Crippen LogP contribution in [-0.2, 0) is 0 Å². The molecule has 0 saturated carbocycles. The lowest BCUT2D eigenvalue weighted by molar-refractivity contribution is 0.0995. The van der Waals surface area contributed by atoms with E-state index in [0.717, 1.165) is 25.2 Å². The number of hydrogen-bond donors (Lipinski definition) is 2. The first-order chi connectivity index (χ1) is 12.0. The van der Waals surface area contributed by atoms with Crippen molar-refractivity contribution < 1.29 is 9.90 Å². The van der Waals surface area contributed by atoms with E-state index >= 15 is 0 Å². The Morgan fingerprint density at radius 3 is 2.68 bits per heavy atom. The lowest BCUT2D eigenvalue weighted by Gasteiger charge is -2.33. The number of nitrogens with two attached hydrogens (primary N) is 1. The van der Waals surface area contributed by atoms with Gasteiger partial charge < -0.3 is 15.7 Å². The van der Waals surface area contributed by atoms with Gasteiger partial charge >= 0.3 is 0 Å². The van der Waals surface area contributed by atoms with Crippen molar-refractivity contribution >= 4 is 11.6 Å². The molecule has 3 N–H and O–H groups in total. The quantitative estimate of drug-likeness (QED) is 0.831. The Morgan fingerprint density at radius 1 is 1.36 bits per heavy atom. The van der Waals surface area contributed by atoms with E-state index in [9.17, 15) is 9.90 Å². The average molecular weight is 340 g/mol. The molecule has 1 aromatic heterocycles. The summed E-state index contributed by atoms with van der Waals surface area (Å²) in [6.07, 6.45) is 2.26. The van der Waals surface area contributed by atoms with Gasteiger partial charge in [-0.05, 0) is 24.1 Å². The molecule has 2 aromatic rings. The average Bonchev–Trinajstić information content (AvgIpc) is 3.05. The van der Waals surface area contributed by atoms with Crippen molar-refractivity contribution in [3.05, 3.63) is 59.9 Å². The van der Waals surface area contributed by atoms with Crippen molar-refractivity contribution in [2.24, 2.45) is 5.73 Å². The number of likely N-dealkylation sites (N-methyl/N-ethyl adjacent to an activating group) is 1. The number of amides is 1. The first-order valence-electron chi connectivity index (χ1n) is 8.48. The fraction of sp³-hybridized carbons (Fsp3) is 0.368. The van der Waals surface area contributed by atoms with E-state index in [1.54, 1.807) is 12.3 Å². The highest BCUT2D eigenvalue weighted by molar-refractivity contribution is 5.90. The Balaban J connectivity index is 1.83. The molecule has 1 aliphatic heterocycles. The first kappa shape index (κ1) is 17.4. The van der Waals surface area contributed by atoms with E-state index in [-0.39, 0.29) is 17.8 Å². The van der Waals surface area contributed by atoms with Gasteiger partial charge in [0.1, 0.15) is 5.69 Å². The van der Waals surface area contributed by atoms with Crippen molar-refractivity contribution in [1.29, 1.82) is 0 Å². The molecule has 25 heavy (non-hydrogen) atoms. The summed E-state index contributed by atoms with van der Waals surface area (Å²) in [5, 5.41) is 9.81. The maximum absolute atomic E-state index is 11.2. The summed E-state index contributed by atoms with van der Waals surface area (Å²) < 4.78 is 0. The van der Waals surface area contributed by atoms with Crippen molar-refractivity contribution in [2.45, 2.75) is 18.6 Å². The van der Waals surface area contributed by atoms with E-state index in [2.05, 4.69) is 26.9 Å². The smallest absolute Gasteiger partial charge is 0.267 e. The molecule has 0 aliphatic carbocycles. The number of pyridine rings is 1. The largest absolute Gasteiger partial charge is 0.392 e. The monoisotopic (exact) mass is 340 g/mol. The molecule has 1 saturated heterocycles. The molecule has 1 aromatic carbocycles. The third kappa shape index (κ3) is 4.15. The molecule has 1 amide bonds. The molecule has 2 atom stereocenters. The number of likely N-dealkylation sites (tertiary alicyclic amines) is 1. The zero-order valence-electron chi connectivity index (χ0n) is 14.4. The fourth-order valence-corrected chi connectivity index (χ4v) is 3.27. The molecule has 0 radical (unpaired) electrons. The van der Waals surface area contributed by atoms with Crippen molar-refractivity contribution in [2.75, 3.05) is 31.6 Å². The van der Waals surface area contributed by atoms with Gasteiger partial charge in [-0.3, -0.25) is 9.69 Å². The molecule has 2 heterocycles. The van der Waals surface area contributed by atoms with E-state index in [1.165, 1.54) is 5.56 Å². The maximum atomic E-state index is 11.2. The van der Waals surface area contributed by atoms with Crippen LogP contribution < -0.4 is 10.6 Å². The second-order valence-corrected chi connectivity index (χ2v) is 6.51. The Kier molecular flexibility index (Phi) is 5.31. The van der Waals surface area contributed by atoms with Gasteiger partial charge in [-0.15, -0.1) is 0 Å². The van der Waals surface area contributed by atoms with Crippen LogP contribution in [0.2, 0.25) is 0 Å². The number of hydrogen-bond acceptors (Lipinski definition) is 5. The summed E-state index contributed by atoms with van der Waals surface area (Å²) in [6.45, 7) is 2.42. The second kappa shape index (κ2) is 7.63. The van der Waals surface area contributed by atoms with Gasteiger partial charge in [0.2, 0.25) is 0 Å². The molecule has 1 aliphatic rings. The molecule has 0 bridgehead atoms. The predicted molar refractivity (Wildman–Crippen MR) is 97.4 cm³/mol.